The highest BCUT2D eigenvalue weighted by Crippen LogP contribution is 2.30. The summed E-state index contributed by atoms with van der Waals surface area (Å²) < 4.78 is 22.9. The Morgan fingerprint density at radius 2 is 0.698 bits per heavy atom. The molecule has 2 aliphatic heterocycles. The van der Waals surface area contributed by atoms with E-state index in [2.05, 4.69) is 67.8 Å². The topological polar surface area (TPSA) is 228 Å². The van der Waals surface area contributed by atoms with Gasteiger partial charge in [-0.2, -0.15) is 0 Å². The normalized spacial score (nSPS) is 22.5. The number of rotatable bonds is 68. The van der Waals surface area contributed by atoms with E-state index >= 15 is 0 Å². The van der Waals surface area contributed by atoms with Gasteiger partial charge in [0.15, 0.2) is 12.6 Å². The van der Waals surface area contributed by atoms with Crippen molar-refractivity contribution >= 4 is 5.91 Å². The van der Waals surface area contributed by atoms with E-state index in [1.54, 1.807) is 6.08 Å². The molecule has 2 saturated heterocycles. The van der Waals surface area contributed by atoms with Crippen LogP contribution in [0.2, 0.25) is 0 Å². The van der Waals surface area contributed by atoms with Crippen LogP contribution in [0.1, 0.15) is 361 Å². The fourth-order valence-corrected chi connectivity index (χ4v) is 13.2. The maximum Gasteiger partial charge on any atom is 0.220 e. The SMILES string of the molecule is CCCCCCC/C=C\C/C=C\CCCCCCCCCCCCCCCCCCCCCCCCCCCC(=O)NC(COC1OC(CO)C(OC2OC(CO)C(O)C(O)C2O)C(O)C1O)C(O)/C=C/CC/C=C/CC/C=C/CCCCCCCCCCCCCCCCC. The van der Waals surface area contributed by atoms with Gasteiger partial charge < -0.3 is 65.1 Å². The third-order valence-corrected chi connectivity index (χ3v) is 19.7. The summed E-state index contributed by atoms with van der Waals surface area (Å²) in [5.41, 5.74) is 0. The van der Waals surface area contributed by atoms with Gasteiger partial charge in [0, 0.05) is 6.42 Å². The molecule has 0 aromatic rings. The standard InChI is InChI=1S/C82H151NO13/c1-3-5-7-9-11-13-15-17-19-21-23-25-27-29-30-31-32-33-34-35-36-37-38-39-40-42-44-46-48-50-52-54-56-58-60-62-64-66-74(87)83-70(69-93-81-79(92)77(90)80(73(68-85)95-81)96-82-78(91)76(89)75(88)72(67-84)94-82)71(86)65-63-61-59-57-55-53-51-49-47-45-43-41-28-26-24-22-20-18-16-14-12-10-8-6-4-2/h15,17,21,23,47,49,55,57,63,65,70-73,75-82,84-86,88-92H,3-14,16,18-20,22,24-46,48,50-54,56,58-62,64,66-69H2,1-2H3,(H,83,87)/b17-15-,23-21-,49-47+,57-55+,65-63+. The van der Waals surface area contributed by atoms with Gasteiger partial charge in [0.05, 0.1) is 32.0 Å². The zero-order valence-electron chi connectivity index (χ0n) is 61.6. The van der Waals surface area contributed by atoms with E-state index in [1.807, 2.05) is 6.08 Å². The molecular formula is C82H151NO13. The van der Waals surface area contributed by atoms with E-state index in [-0.39, 0.29) is 18.9 Å². The summed E-state index contributed by atoms with van der Waals surface area (Å²) in [6, 6.07) is -0.940. The molecule has 0 aromatic heterocycles. The molecule has 0 aromatic carbocycles. The number of carbonyl (C=O) groups excluding carboxylic acids is 1. The second-order valence-corrected chi connectivity index (χ2v) is 28.5. The van der Waals surface area contributed by atoms with Crippen LogP contribution in [0.3, 0.4) is 0 Å². The zero-order chi connectivity index (χ0) is 69.4. The molecule has 0 saturated carbocycles. The Bertz CT molecular complexity index is 1840. The summed E-state index contributed by atoms with van der Waals surface area (Å²) in [7, 11) is 0. The molecule has 96 heavy (non-hydrogen) atoms. The van der Waals surface area contributed by atoms with Crippen molar-refractivity contribution in [2.45, 2.75) is 434 Å². The number of ether oxygens (including phenoxy) is 4. The minimum Gasteiger partial charge on any atom is -0.394 e. The second-order valence-electron chi connectivity index (χ2n) is 28.5. The Hall–Kier alpha value is -2.31. The molecule has 12 unspecified atom stereocenters. The maximum atomic E-state index is 13.4. The highest BCUT2D eigenvalue weighted by atomic mass is 16.7. The first kappa shape index (κ1) is 89.8. The average Bonchev–Trinajstić information content (AvgIpc) is 0.857. The van der Waals surface area contributed by atoms with Gasteiger partial charge in [-0.3, -0.25) is 4.79 Å². The monoisotopic (exact) mass is 1360 g/mol. The zero-order valence-corrected chi connectivity index (χ0v) is 61.6. The van der Waals surface area contributed by atoms with E-state index < -0.39 is 86.8 Å². The summed E-state index contributed by atoms with van der Waals surface area (Å²) >= 11 is 0. The molecule has 0 spiro atoms. The number of nitrogens with one attached hydrogen (secondary N) is 1. The van der Waals surface area contributed by atoms with E-state index in [9.17, 15) is 45.6 Å². The third kappa shape index (κ3) is 48.5. The first-order valence-electron chi connectivity index (χ1n) is 40.5. The molecular weight excluding hydrogens is 1210 g/mol. The number of aliphatic hydroxyl groups excluding tert-OH is 8. The Labute approximate surface area is 587 Å². The van der Waals surface area contributed by atoms with Crippen LogP contribution in [0.15, 0.2) is 60.8 Å². The molecule has 14 heteroatoms. The van der Waals surface area contributed by atoms with Gasteiger partial charge >= 0.3 is 0 Å². The molecule has 0 radical (unpaired) electrons. The molecule has 2 rings (SSSR count). The molecule has 0 aliphatic carbocycles. The quantitative estimate of drug-likeness (QED) is 0.0204. The van der Waals surface area contributed by atoms with Crippen LogP contribution in [0.5, 0.6) is 0 Å². The summed E-state index contributed by atoms with van der Waals surface area (Å²) in [5, 5.41) is 87.6. The highest BCUT2D eigenvalue weighted by molar-refractivity contribution is 5.76. The lowest BCUT2D eigenvalue weighted by molar-refractivity contribution is -0.359. The molecule has 2 aliphatic rings. The molecule has 2 heterocycles. The third-order valence-electron chi connectivity index (χ3n) is 19.7. The number of carbonyl (C=O) groups is 1. The number of unbranched alkanes of at least 4 members (excludes halogenated alkanes) is 47. The molecule has 14 nitrogen and oxygen atoms in total. The van der Waals surface area contributed by atoms with Crippen molar-refractivity contribution < 1.29 is 64.6 Å². The van der Waals surface area contributed by atoms with Crippen molar-refractivity contribution in [3.05, 3.63) is 60.8 Å². The first-order chi connectivity index (χ1) is 47.1. The Morgan fingerprint density at radius 1 is 0.375 bits per heavy atom. The van der Waals surface area contributed by atoms with E-state index in [4.69, 9.17) is 18.9 Å². The van der Waals surface area contributed by atoms with Crippen LogP contribution >= 0.6 is 0 Å². The highest BCUT2D eigenvalue weighted by Gasteiger charge is 2.51. The van der Waals surface area contributed by atoms with Crippen molar-refractivity contribution in [1.29, 1.82) is 0 Å². The Morgan fingerprint density at radius 3 is 1.08 bits per heavy atom. The van der Waals surface area contributed by atoms with Crippen LogP contribution < -0.4 is 5.32 Å². The van der Waals surface area contributed by atoms with Crippen LogP contribution in [0.25, 0.3) is 0 Å². The molecule has 562 valence electrons. The molecule has 9 N–H and O–H groups in total. The van der Waals surface area contributed by atoms with Crippen LogP contribution in [-0.4, -0.2) is 140 Å². The smallest absolute Gasteiger partial charge is 0.220 e. The van der Waals surface area contributed by atoms with Crippen LogP contribution in [0.4, 0.5) is 0 Å². The number of hydrogen-bond donors (Lipinski definition) is 9. The van der Waals surface area contributed by atoms with Crippen molar-refractivity contribution in [3.8, 4) is 0 Å². The second kappa shape index (κ2) is 66.0. The van der Waals surface area contributed by atoms with Crippen molar-refractivity contribution in [1.82, 2.24) is 5.32 Å². The van der Waals surface area contributed by atoms with Gasteiger partial charge in [-0.1, -0.05) is 338 Å². The summed E-state index contributed by atoms with van der Waals surface area (Å²) in [5.74, 6) is -0.247. The minimum atomic E-state index is -1.79. The van der Waals surface area contributed by atoms with Gasteiger partial charge in [0.2, 0.25) is 5.91 Å². The average molecular weight is 1360 g/mol. The van der Waals surface area contributed by atoms with Crippen molar-refractivity contribution in [2.75, 3.05) is 19.8 Å². The van der Waals surface area contributed by atoms with Crippen molar-refractivity contribution in [2.24, 2.45) is 0 Å². The summed E-state index contributed by atoms with van der Waals surface area (Å²) in [6.45, 7) is 2.82. The van der Waals surface area contributed by atoms with Gasteiger partial charge in [0.1, 0.15) is 48.8 Å². The van der Waals surface area contributed by atoms with Crippen molar-refractivity contribution in [3.63, 3.8) is 0 Å². The van der Waals surface area contributed by atoms with Crippen LogP contribution in [0, 0.1) is 0 Å². The molecule has 12 atom stereocenters. The fraction of sp³-hybridized carbons (Fsp3) is 0.866. The number of allylic oxidation sites excluding steroid dienone is 9. The van der Waals surface area contributed by atoms with Gasteiger partial charge in [-0.25, -0.2) is 0 Å². The number of aliphatic hydroxyl groups is 8. The first-order valence-corrected chi connectivity index (χ1v) is 40.5. The maximum absolute atomic E-state index is 13.4. The summed E-state index contributed by atoms with van der Waals surface area (Å²) in [4.78, 5) is 13.4. The summed E-state index contributed by atoms with van der Waals surface area (Å²) in [6.07, 6.45) is 73.2. The predicted molar refractivity (Wildman–Crippen MR) is 397 cm³/mol. The lowest BCUT2D eigenvalue weighted by atomic mass is 9.97. The molecule has 2 fully saturated rings. The van der Waals surface area contributed by atoms with Gasteiger partial charge in [0.25, 0.3) is 0 Å². The van der Waals surface area contributed by atoms with Gasteiger partial charge in [-0.15, -0.1) is 0 Å². The number of amides is 1. The fourth-order valence-electron chi connectivity index (χ4n) is 13.2. The Balaban J connectivity index is 1.61. The predicted octanol–water partition coefficient (Wildman–Crippen LogP) is 18.4. The van der Waals surface area contributed by atoms with Crippen LogP contribution in [-0.2, 0) is 23.7 Å². The van der Waals surface area contributed by atoms with E-state index in [0.717, 1.165) is 51.4 Å². The molecule has 1 amide bonds. The van der Waals surface area contributed by atoms with E-state index in [0.29, 0.717) is 12.8 Å². The lowest BCUT2D eigenvalue weighted by Gasteiger charge is -2.46. The minimum absolute atomic E-state index is 0.247. The largest absolute Gasteiger partial charge is 0.394 e. The van der Waals surface area contributed by atoms with E-state index in [1.165, 1.54) is 276 Å². The Kier molecular flexibility index (Phi) is 61.7. The number of hydrogen-bond acceptors (Lipinski definition) is 13. The lowest BCUT2D eigenvalue weighted by Crippen LogP contribution is -2.65. The van der Waals surface area contributed by atoms with Gasteiger partial charge in [-0.05, 0) is 77.0 Å². The molecule has 0 bridgehead atoms.